The molecule has 0 radical (unpaired) electrons. The van der Waals surface area contributed by atoms with Gasteiger partial charge in [0, 0.05) is 37.1 Å². The lowest BCUT2D eigenvalue weighted by molar-refractivity contribution is -0.124. The number of carbonyl (C=O) groups is 1. The molecule has 0 bridgehead atoms. The maximum Gasteiger partial charge on any atom is 0.294 e. The number of nitrogen functional groups attached to an aromatic ring is 1. The third-order valence-corrected chi connectivity index (χ3v) is 7.93. The molecule has 3 aromatic rings. The van der Waals surface area contributed by atoms with Gasteiger partial charge >= 0.3 is 0 Å². The summed E-state index contributed by atoms with van der Waals surface area (Å²) in [6, 6.07) is 13.2. The highest BCUT2D eigenvalue weighted by Gasteiger charge is 2.43. The Morgan fingerprint density at radius 2 is 1.93 bits per heavy atom. The minimum Gasteiger partial charge on any atom is -0.384 e. The maximum absolute atomic E-state index is 14.0. The topological polar surface area (TPSA) is 106 Å². The number of anilines is 2. The van der Waals surface area contributed by atoms with Gasteiger partial charge in [-0.05, 0) is 43.4 Å². The van der Waals surface area contributed by atoms with E-state index < -0.39 is 11.6 Å². The van der Waals surface area contributed by atoms with E-state index in [1.165, 1.54) is 0 Å². The molecule has 1 aromatic carbocycles. The number of aromatic nitrogens is 3. The van der Waals surface area contributed by atoms with Gasteiger partial charge in [-0.15, -0.1) is 24.8 Å². The Morgan fingerprint density at radius 1 is 1.18 bits per heavy atom. The number of halogens is 2. The highest BCUT2D eigenvalue weighted by Crippen LogP contribution is 2.42. The van der Waals surface area contributed by atoms with Crippen molar-refractivity contribution in [1.82, 2.24) is 19.9 Å². The Bertz CT molecular complexity index is 1470. The molecule has 3 N–H and O–H groups in total. The lowest BCUT2D eigenvalue weighted by Crippen LogP contribution is -2.51. The first kappa shape index (κ1) is 30.9. The van der Waals surface area contributed by atoms with Crippen LogP contribution in [0.25, 0.3) is 0 Å². The van der Waals surface area contributed by atoms with Crippen LogP contribution in [-0.4, -0.2) is 27.5 Å². The van der Waals surface area contributed by atoms with Crippen molar-refractivity contribution >= 4 is 42.4 Å². The van der Waals surface area contributed by atoms with Crippen LogP contribution in [0.15, 0.2) is 77.8 Å². The second-order valence-electron chi connectivity index (χ2n) is 10.0. The number of allylic oxidation sites excluding steroid dienone is 2. The number of pyridine rings is 1. The minimum atomic E-state index is -0.592. The zero-order valence-corrected chi connectivity index (χ0v) is 24.5. The van der Waals surface area contributed by atoms with Gasteiger partial charge in [-0.2, -0.15) is 0 Å². The van der Waals surface area contributed by atoms with Crippen molar-refractivity contribution in [2.75, 3.05) is 17.7 Å². The number of nitrogens with two attached hydrogens (primary N) is 1. The number of aryl methyl sites for hydroxylation is 2. The number of likely N-dealkylation sites (N-methyl/N-ethyl adjacent to an activating group) is 1. The predicted molar refractivity (Wildman–Crippen MR) is 164 cm³/mol. The molecule has 0 saturated carbocycles. The molecule has 2 aromatic heterocycles. The van der Waals surface area contributed by atoms with E-state index in [1.54, 1.807) is 16.8 Å². The van der Waals surface area contributed by atoms with Crippen molar-refractivity contribution in [2.45, 2.75) is 51.2 Å². The maximum atomic E-state index is 14.0. The number of nitrogens with zero attached hydrogens (tertiary/aromatic N) is 4. The third-order valence-electron chi connectivity index (χ3n) is 7.93. The smallest absolute Gasteiger partial charge is 0.294 e. The van der Waals surface area contributed by atoms with E-state index in [1.807, 2.05) is 49.2 Å². The van der Waals surface area contributed by atoms with Crippen LogP contribution < -0.4 is 21.5 Å². The first-order valence-corrected chi connectivity index (χ1v) is 13.1. The van der Waals surface area contributed by atoms with Crippen LogP contribution >= 0.6 is 24.8 Å². The van der Waals surface area contributed by atoms with Crippen molar-refractivity contribution in [1.29, 1.82) is 0 Å². The summed E-state index contributed by atoms with van der Waals surface area (Å²) < 4.78 is 1.63. The number of benzene rings is 1. The average molecular weight is 584 g/mol. The van der Waals surface area contributed by atoms with Gasteiger partial charge in [0.2, 0.25) is 5.91 Å². The minimum absolute atomic E-state index is 0. The van der Waals surface area contributed by atoms with Gasteiger partial charge in [-0.1, -0.05) is 67.6 Å². The molecule has 40 heavy (non-hydrogen) atoms. The first-order valence-electron chi connectivity index (χ1n) is 13.1. The molecule has 2 aliphatic rings. The predicted octanol–water partition coefficient (Wildman–Crippen LogP) is 4.66. The lowest BCUT2D eigenvalue weighted by atomic mass is 9.73. The van der Waals surface area contributed by atoms with E-state index in [2.05, 4.69) is 52.6 Å². The van der Waals surface area contributed by atoms with Crippen LogP contribution in [0.4, 0.5) is 11.6 Å². The molecule has 3 heterocycles. The second kappa shape index (κ2) is 12.7. The molecule has 1 aliphatic heterocycles. The van der Waals surface area contributed by atoms with E-state index >= 15 is 0 Å². The van der Waals surface area contributed by atoms with Gasteiger partial charge in [0.05, 0.1) is 5.54 Å². The summed E-state index contributed by atoms with van der Waals surface area (Å²) in [5, 5.41) is 3.00. The van der Waals surface area contributed by atoms with Crippen molar-refractivity contribution in [3.8, 4) is 0 Å². The summed E-state index contributed by atoms with van der Waals surface area (Å²) >= 11 is 0. The van der Waals surface area contributed by atoms with E-state index in [0.717, 1.165) is 28.9 Å². The Labute approximate surface area is 247 Å². The Hall–Kier alpha value is -3.62. The number of rotatable bonds is 7. The molecule has 8 nitrogen and oxygen atoms in total. The van der Waals surface area contributed by atoms with Crippen LogP contribution in [0.3, 0.4) is 0 Å². The standard InChI is InChI=1S/C30H34N6O2.2ClH/c1-4-22-10-8-9-17-30(22,23-11-6-5-7-12-23)35(3)27-29(38)36-24(19-32-27)14-15-25(36)28(37)33-18-21-13-16-26(31)34-20(21)2;;/h5-13,16-17,19,22,25H,4,14-15,18H2,1-3H3,(H2,31,34)(H,33,37);2*1H/t22?,25-,30?;;/m0../s1. The fourth-order valence-corrected chi connectivity index (χ4v) is 5.87. The van der Waals surface area contributed by atoms with Crippen molar-refractivity contribution in [2.24, 2.45) is 5.92 Å². The van der Waals surface area contributed by atoms with E-state index in [9.17, 15) is 9.59 Å². The summed E-state index contributed by atoms with van der Waals surface area (Å²) in [4.78, 5) is 38.2. The normalized spacial score (nSPS) is 20.7. The Balaban J connectivity index is 0.00000220. The monoisotopic (exact) mass is 582 g/mol. The Morgan fingerprint density at radius 3 is 2.62 bits per heavy atom. The highest BCUT2D eigenvalue weighted by molar-refractivity contribution is 5.85. The van der Waals surface area contributed by atoms with Gasteiger partial charge in [0.15, 0.2) is 5.82 Å². The Kier molecular flexibility index (Phi) is 9.82. The van der Waals surface area contributed by atoms with Crippen molar-refractivity contribution < 1.29 is 4.79 Å². The van der Waals surface area contributed by atoms with Gasteiger partial charge in [-0.3, -0.25) is 14.2 Å². The molecule has 10 heteroatoms. The summed E-state index contributed by atoms with van der Waals surface area (Å²) in [6.45, 7) is 4.34. The van der Waals surface area contributed by atoms with Crippen LogP contribution in [0.5, 0.6) is 0 Å². The largest absolute Gasteiger partial charge is 0.384 e. The molecule has 1 aliphatic carbocycles. The summed E-state index contributed by atoms with van der Waals surface area (Å²) in [6.07, 6.45) is 12.3. The molecule has 1 amide bonds. The highest BCUT2D eigenvalue weighted by atomic mass is 35.5. The molecular weight excluding hydrogens is 547 g/mol. The van der Waals surface area contributed by atoms with E-state index in [-0.39, 0.29) is 42.2 Å². The van der Waals surface area contributed by atoms with Gasteiger partial charge in [0.1, 0.15) is 11.9 Å². The fraction of sp³-hybridized carbons (Fsp3) is 0.333. The van der Waals surface area contributed by atoms with Crippen LogP contribution in [0.2, 0.25) is 0 Å². The fourth-order valence-electron chi connectivity index (χ4n) is 5.87. The number of nitrogens with one attached hydrogen (secondary N) is 1. The van der Waals surface area contributed by atoms with Crippen LogP contribution in [0.1, 0.15) is 48.3 Å². The molecule has 0 saturated heterocycles. The quantitative estimate of drug-likeness (QED) is 0.419. The number of hydrogen-bond acceptors (Lipinski definition) is 6. The summed E-state index contributed by atoms with van der Waals surface area (Å²) in [5.74, 6) is 0.718. The molecular formula is C30H36Cl2N6O2. The number of hydrogen-bond donors (Lipinski definition) is 2. The number of amides is 1. The average Bonchev–Trinajstić information content (AvgIpc) is 3.38. The van der Waals surface area contributed by atoms with Crippen molar-refractivity contribution in [3.05, 3.63) is 106 Å². The van der Waals surface area contributed by atoms with Gasteiger partial charge < -0.3 is 16.0 Å². The number of fused-ring (bicyclic) bond motifs is 1. The molecule has 2 unspecified atom stereocenters. The van der Waals surface area contributed by atoms with Crippen LogP contribution in [0, 0.1) is 12.8 Å². The molecule has 0 spiro atoms. The first-order chi connectivity index (χ1) is 18.4. The molecule has 3 atom stereocenters. The van der Waals surface area contributed by atoms with Gasteiger partial charge in [0.25, 0.3) is 5.56 Å². The van der Waals surface area contributed by atoms with Gasteiger partial charge in [-0.25, -0.2) is 9.97 Å². The molecule has 5 rings (SSSR count). The van der Waals surface area contributed by atoms with E-state index in [0.29, 0.717) is 31.0 Å². The lowest BCUT2D eigenvalue weighted by Gasteiger charge is -2.46. The third kappa shape index (κ3) is 5.38. The summed E-state index contributed by atoms with van der Waals surface area (Å²) in [7, 11) is 1.93. The van der Waals surface area contributed by atoms with Crippen LogP contribution in [-0.2, 0) is 23.3 Å². The second-order valence-corrected chi connectivity index (χ2v) is 10.0. The van der Waals surface area contributed by atoms with Crippen molar-refractivity contribution in [3.63, 3.8) is 0 Å². The molecule has 212 valence electrons. The summed E-state index contributed by atoms with van der Waals surface area (Å²) in [5.41, 5.74) is 8.45. The number of carbonyl (C=O) groups excluding carboxylic acids is 1. The zero-order chi connectivity index (χ0) is 26.9. The zero-order valence-electron chi connectivity index (χ0n) is 22.9. The van der Waals surface area contributed by atoms with E-state index in [4.69, 9.17) is 5.73 Å². The SMILES string of the molecule is CCC1C=CC=CC1(c1ccccc1)N(C)c1ncc2n(c1=O)[C@H](C(=O)NCc1ccc(N)nc1C)CC2.Cl.Cl. The molecule has 0 fully saturated rings.